The first-order chi connectivity index (χ1) is 13.4. The summed E-state index contributed by atoms with van der Waals surface area (Å²) in [5.41, 5.74) is 7.81. The maximum Gasteiger partial charge on any atom is 0.331 e. The van der Waals surface area contributed by atoms with Crippen molar-refractivity contribution in [2.45, 2.75) is 27.7 Å². The van der Waals surface area contributed by atoms with Gasteiger partial charge in [0.15, 0.2) is 0 Å². The maximum absolute atomic E-state index is 12.1. The van der Waals surface area contributed by atoms with E-state index in [1.54, 1.807) is 0 Å². The molecule has 0 radical (unpaired) electrons. The lowest BCUT2D eigenvalue weighted by atomic mass is 10.0. The second-order valence-electron chi connectivity index (χ2n) is 6.92. The molecule has 6 nitrogen and oxygen atoms in total. The van der Waals surface area contributed by atoms with Crippen molar-refractivity contribution in [1.29, 1.82) is 0 Å². The molecular weight excluding hydrogens is 352 g/mol. The summed E-state index contributed by atoms with van der Waals surface area (Å²) in [6.07, 6.45) is 0. The van der Waals surface area contributed by atoms with E-state index in [0.717, 1.165) is 11.1 Å². The van der Waals surface area contributed by atoms with Crippen LogP contribution < -0.4 is 10.9 Å². The molecule has 0 heterocycles. The van der Waals surface area contributed by atoms with Crippen molar-refractivity contribution >= 4 is 23.2 Å². The second kappa shape index (κ2) is 10.2. The molecule has 2 aromatic rings. The molecule has 146 valence electrons. The lowest BCUT2D eigenvalue weighted by Crippen LogP contribution is -2.37. The summed E-state index contributed by atoms with van der Waals surface area (Å²) in [6, 6.07) is 19.0. The van der Waals surface area contributed by atoms with Gasteiger partial charge in [-0.2, -0.15) is 10.2 Å². The van der Waals surface area contributed by atoms with Crippen molar-refractivity contribution < 1.29 is 9.59 Å². The van der Waals surface area contributed by atoms with Crippen molar-refractivity contribution in [3.8, 4) is 0 Å². The summed E-state index contributed by atoms with van der Waals surface area (Å²) in [7, 11) is 0. The number of amides is 2. The van der Waals surface area contributed by atoms with Crippen LogP contribution in [0.5, 0.6) is 0 Å². The summed E-state index contributed by atoms with van der Waals surface area (Å²) in [4.78, 5) is 24.2. The third kappa shape index (κ3) is 5.87. The normalized spacial score (nSPS) is 12.2. The molecule has 0 bridgehead atoms. The van der Waals surface area contributed by atoms with Gasteiger partial charge in [0.25, 0.3) is 0 Å². The summed E-state index contributed by atoms with van der Waals surface area (Å²) in [5.74, 6) is -1.58. The predicted octanol–water partition coefficient (Wildman–Crippen LogP) is 3.34. The van der Waals surface area contributed by atoms with Crippen LogP contribution in [0.3, 0.4) is 0 Å². The van der Waals surface area contributed by atoms with Crippen LogP contribution in [0.2, 0.25) is 0 Å². The van der Waals surface area contributed by atoms with Gasteiger partial charge in [-0.05, 0) is 23.0 Å². The van der Waals surface area contributed by atoms with Crippen LogP contribution in [0.1, 0.15) is 38.8 Å². The molecule has 0 aliphatic rings. The number of nitrogens with zero attached hydrogens (tertiary/aromatic N) is 2. The van der Waals surface area contributed by atoms with Gasteiger partial charge in [-0.25, -0.2) is 10.9 Å². The Morgan fingerprint density at radius 3 is 1.25 bits per heavy atom. The molecule has 0 saturated carbocycles. The molecule has 0 unspecified atom stereocenters. The average molecular weight is 378 g/mol. The van der Waals surface area contributed by atoms with Crippen LogP contribution in [0.25, 0.3) is 0 Å². The van der Waals surface area contributed by atoms with Gasteiger partial charge in [0, 0.05) is 0 Å². The fourth-order valence-corrected chi connectivity index (χ4v) is 2.60. The van der Waals surface area contributed by atoms with Crippen LogP contribution in [0.4, 0.5) is 0 Å². The van der Waals surface area contributed by atoms with E-state index in [9.17, 15) is 9.59 Å². The highest BCUT2D eigenvalue weighted by Crippen LogP contribution is 2.10. The minimum atomic E-state index is -0.867. The number of carbonyl (C=O) groups excluding carboxylic acids is 2. The lowest BCUT2D eigenvalue weighted by Gasteiger charge is -2.11. The van der Waals surface area contributed by atoms with Crippen molar-refractivity contribution in [2.24, 2.45) is 22.0 Å². The molecule has 28 heavy (non-hydrogen) atoms. The summed E-state index contributed by atoms with van der Waals surface area (Å²) >= 11 is 0. The Morgan fingerprint density at radius 2 is 0.964 bits per heavy atom. The average Bonchev–Trinajstić information content (AvgIpc) is 2.69. The number of hydrogen-bond acceptors (Lipinski definition) is 4. The third-order valence-corrected chi connectivity index (χ3v) is 3.99. The van der Waals surface area contributed by atoms with Crippen molar-refractivity contribution in [3.63, 3.8) is 0 Å². The van der Waals surface area contributed by atoms with Crippen LogP contribution >= 0.6 is 0 Å². The van der Waals surface area contributed by atoms with Crippen molar-refractivity contribution in [2.75, 3.05) is 0 Å². The quantitative estimate of drug-likeness (QED) is 0.459. The monoisotopic (exact) mass is 378 g/mol. The van der Waals surface area contributed by atoms with Crippen molar-refractivity contribution in [1.82, 2.24) is 10.9 Å². The molecule has 2 rings (SSSR count). The van der Waals surface area contributed by atoms with E-state index in [-0.39, 0.29) is 11.8 Å². The maximum atomic E-state index is 12.1. The predicted molar refractivity (Wildman–Crippen MR) is 112 cm³/mol. The van der Waals surface area contributed by atoms with Gasteiger partial charge in [0.05, 0.1) is 11.4 Å². The van der Waals surface area contributed by atoms with E-state index in [1.165, 1.54) is 0 Å². The molecule has 0 aliphatic heterocycles. The number of carbonyl (C=O) groups is 2. The first-order valence-electron chi connectivity index (χ1n) is 9.26. The van der Waals surface area contributed by atoms with Gasteiger partial charge < -0.3 is 0 Å². The zero-order valence-corrected chi connectivity index (χ0v) is 16.6. The highest BCUT2D eigenvalue weighted by molar-refractivity contribution is 6.35. The SMILES string of the molecule is CC(C)/C(=N\NC(=O)C(=O)N/N=C(/c1ccccc1)C(C)C)c1ccccc1. The Bertz CT molecular complexity index is 783. The summed E-state index contributed by atoms with van der Waals surface area (Å²) < 4.78 is 0. The standard InChI is InChI=1S/C22H26N4O2/c1-15(2)19(17-11-7-5-8-12-17)23-25-21(27)22(28)26-24-20(16(3)4)18-13-9-6-10-14-18/h5-16H,1-4H3,(H,25,27)(H,26,28)/b23-19+,24-20+. The number of hydrazone groups is 2. The minimum Gasteiger partial charge on any atom is -0.262 e. The molecule has 0 saturated heterocycles. The highest BCUT2D eigenvalue weighted by atomic mass is 16.2. The Labute approximate surface area is 165 Å². The topological polar surface area (TPSA) is 82.9 Å². The van der Waals surface area contributed by atoms with Gasteiger partial charge >= 0.3 is 11.8 Å². The second-order valence-corrected chi connectivity index (χ2v) is 6.92. The molecule has 2 aromatic carbocycles. The summed E-state index contributed by atoms with van der Waals surface area (Å²) in [6.45, 7) is 7.88. The largest absolute Gasteiger partial charge is 0.331 e. The minimum absolute atomic E-state index is 0.0782. The third-order valence-electron chi connectivity index (χ3n) is 3.99. The van der Waals surface area contributed by atoms with Crippen molar-refractivity contribution in [3.05, 3.63) is 71.8 Å². The molecule has 0 spiro atoms. The van der Waals surface area contributed by atoms with Crippen LogP contribution in [0.15, 0.2) is 70.9 Å². The first-order valence-corrected chi connectivity index (χ1v) is 9.26. The van der Waals surface area contributed by atoms with Gasteiger partial charge in [-0.3, -0.25) is 9.59 Å². The van der Waals surface area contributed by atoms with Crippen LogP contribution in [-0.4, -0.2) is 23.2 Å². The molecule has 0 fully saturated rings. The van der Waals surface area contributed by atoms with Crippen LogP contribution in [-0.2, 0) is 9.59 Å². The van der Waals surface area contributed by atoms with Gasteiger partial charge in [0.1, 0.15) is 0 Å². The van der Waals surface area contributed by atoms with E-state index in [4.69, 9.17) is 0 Å². The van der Waals surface area contributed by atoms with Gasteiger partial charge in [0.2, 0.25) is 0 Å². The zero-order valence-electron chi connectivity index (χ0n) is 16.6. The molecule has 0 aliphatic carbocycles. The van der Waals surface area contributed by atoms with Gasteiger partial charge in [-0.15, -0.1) is 0 Å². The number of rotatable bonds is 6. The van der Waals surface area contributed by atoms with E-state index >= 15 is 0 Å². The van der Waals surface area contributed by atoms with E-state index < -0.39 is 11.8 Å². The molecule has 0 atom stereocenters. The fourth-order valence-electron chi connectivity index (χ4n) is 2.60. The summed E-state index contributed by atoms with van der Waals surface area (Å²) in [5, 5.41) is 8.29. The number of hydrogen-bond donors (Lipinski definition) is 2. The van der Waals surface area contributed by atoms with E-state index in [2.05, 4.69) is 21.1 Å². The van der Waals surface area contributed by atoms with Gasteiger partial charge in [-0.1, -0.05) is 88.4 Å². The molecular formula is C22H26N4O2. The first kappa shape index (κ1) is 21.0. The lowest BCUT2D eigenvalue weighted by molar-refractivity contribution is -0.139. The molecule has 2 N–H and O–H groups in total. The highest BCUT2D eigenvalue weighted by Gasteiger charge is 2.16. The number of benzene rings is 2. The molecule has 0 aromatic heterocycles. The van der Waals surface area contributed by atoms with Crippen LogP contribution in [0, 0.1) is 11.8 Å². The van der Waals surface area contributed by atoms with E-state index in [0.29, 0.717) is 11.4 Å². The Morgan fingerprint density at radius 1 is 0.643 bits per heavy atom. The van der Waals surface area contributed by atoms with E-state index in [1.807, 2.05) is 88.4 Å². The zero-order chi connectivity index (χ0) is 20.5. The Hall–Kier alpha value is -3.28. The smallest absolute Gasteiger partial charge is 0.262 e. The Kier molecular flexibility index (Phi) is 7.63. The molecule has 2 amide bonds. The number of nitrogens with one attached hydrogen (secondary N) is 2. The molecule has 6 heteroatoms. The Balaban J connectivity index is 2.08. The fraction of sp³-hybridized carbons (Fsp3) is 0.273.